The Balaban J connectivity index is 2.23. The van der Waals surface area contributed by atoms with Crippen LogP contribution in [0, 0.1) is 5.92 Å². The number of aromatic nitrogens is 1. The molecule has 0 bridgehead atoms. The van der Waals surface area contributed by atoms with Gasteiger partial charge in [-0.2, -0.15) is 0 Å². The molecule has 1 saturated carbocycles. The van der Waals surface area contributed by atoms with Gasteiger partial charge < -0.3 is 14.7 Å². The summed E-state index contributed by atoms with van der Waals surface area (Å²) in [6.07, 6.45) is 1.34. The molecule has 1 aromatic heterocycles. The topological polar surface area (TPSA) is 77.8 Å². The smallest absolute Gasteiger partial charge is 0.347 e. The van der Waals surface area contributed by atoms with Gasteiger partial charge >= 0.3 is 11.5 Å². The van der Waals surface area contributed by atoms with Gasteiger partial charge in [0.05, 0.1) is 14.9 Å². The van der Waals surface area contributed by atoms with E-state index in [-0.39, 0.29) is 23.4 Å². The van der Waals surface area contributed by atoms with Crippen molar-refractivity contribution in [2.24, 2.45) is 5.92 Å². The molecule has 1 heterocycles. The SMILES string of the molecule is [2H]C([2H])(On1c(=O)c(C(=O)OCC)c(O)c2ccccc21)C1CC1. The Bertz CT molecular complexity index is 857. The van der Waals surface area contributed by atoms with Crippen LogP contribution in [0.3, 0.4) is 0 Å². The Labute approximate surface area is 129 Å². The van der Waals surface area contributed by atoms with E-state index in [2.05, 4.69) is 0 Å². The summed E-state index contributed by atoms with van der Waals surface area (Å²) < 4.78 is 21.5. The largest absolute Gasteiger partial charge is 0.506 e. The lowest BCUT2D eigenvalue weighted by Gasteiger charge is -2.14. The van der Waals surface area contributed by atoms with Gasteiger partial charge in [-0.1, -0.05) is 12.1 Å². The van der Waals surface area contributed by atoms with E-state index in [4.69, 9.17) is 12.3 Å². The molecule has 1 aromatic carbocycles. The number of hydrogen-bond donors (Lipinski definition) is 1. The lowest BCUT2D eigenvalue weighted by atomic mass is 10.1. The van der Waals surface area contributed by atoms with E-state index in [0.29, 0.717) is 12.8 Å². The molecule has 2 aromatic rings. The lowest BCUT2D eigenvalue weighted by Crippen LogP contribution is -2.33. The van der Waals surface area contributed by atoms with E-state index in [1.165, 1.54) is 12.1 Å². The Kier molecular flexibility index (Phi) is 3.14. The number of pyridine rings is 1. The van der Waals surface area contributed by atoms with Crippen LogP contribution in [0.4, 0.5) is 0 Å². The summed E-state index contributed by atoms with van der Waals surface area (Å²) in [6, 6.07) is 6.27. The van der Waals surface area contributed by atoms with Crippen molar-refractivity contribution in [2.45, 2.75) is 19.8 Å². The van der Waals surface area contributed by atoms with Gasteiger partial charge in [0, 0.05) is 5.39 Å². The summed E-state index contributed by atoms with van der Waals surface area (Å²) in [4.78, 5) is 30.0. The molecule has 1 aliphatic carbocycles. The van der Waals surface area contributed by atoms with E-state index in [0.717, 1.165) is 4.73 Å². The number of rotatable bonds is 5. The fraction of sp³-hybridized carbons (Fsp3) is 0.375. The highest BCUT2D eigenvalue weighted by molar-refractivity contribution is 5.99. The molecule has 1 N–H and O–H groups in total. The predicted octanol–water partition coefficient (Wildman–Crippen LogP) is 1.72. The maximum Gasteiger partial charge on any atom is 0.347 e. The molecular weight excluding hydrogens is 286 g/mol. The minimum atomic E-state index is -2.05. The average Bonchev–Trinajstić information content (AvgIpc) is 3.37. The minimum Gasteiger partial charge on any atom is -0.506 e. The fourth-order valence-corrected chi connectivity index (χ4v) is 2.10. The van der Waals surface area contributed by atoms with Crippen LogP contribution in [0.25, 0.3) is 10.9 Å². The highest BCUT2D eigenvalue weighted by Gasteiger charge is 2.26. The molecular formula is C16H17NO5. The van der Waals surface area contributed by atoms with Crippen molar-refractivity contribution in [3.63, 3.8) is 0 Å². The number of carbonyl (C=O) groups excluding carboxylic acids is 1. The molecule has 0 atom stereocenters. The molecule has 0 unspecified atom stereocenters. The van der Waals surface area contributed by atoms with Crippen molar-refractivity contribution in [2.75, 3.05) is 13.2 Å². The second-order valence-corrected chi connectivity index (χ2v) is 5.04. The number of fused-ring (bicyclic) bond motifs is 1. The molecule has 0 aliphatic heterocycles. The number of nitrogens with zero attached hydrogens (tertiary/aromatic N) is 1. The molecule has 1 aliphatic rings. The molecule has 3 rings (SSSR count). The average molecular weight is 305 g/mol. The van der Waals surface area contributed by atoms with Crippen LogP contribution >= 0.6 is 0 Å². The number of benzene rings is 1. The summed E-state index contributed by atoms with van der Waals surface area (Å²) in [6.45, 7) is -0.430. The molecule has 0 saturated heterocycles. The summed E-state index contributed by atoms with van der Waals surface area (Å²) in [7, 11) is 0. The third-order valence-corrected chi connectivity index (χ3v) is 3.38. The first-order valence-electron chi connectivity index (χ1n) is 8.10. The number of esters is 1. The highest BCUT2D eigenvalue weighted by Crippen LogP contribution is 2.29. The third-order valence-electron chi connectivity index (χ3n) is 3.38. The second kappa shape index (κ2) is 5.71. The van der Waals surface area contributed by atoms with Gasteiger partial charge in [0.2, 0.25) is 0 Å². The Morgan fingerprint density at radius 1 is 1.45 bits per heavy atom. The maximum absolute atomic E-state index is 12.7. The number of hydrogen-bond acceptors (Lipinski definition) is 5. The summed E-state index contributed by atoms with van der Waals surface area (Å²) in [5, 5.41) is 10.5. The van der Waals surface area contributed by atoms with Crippen molar-refractivity contribution in [1.29, 1.82) is 0 Å². The Morgan fingerprint density at radius 3 is 2.86 bits per heavy atom. The number of para-hydroxylation sites is 1. The van der Waals surface area contributed by atoms with E-state index in [9.17, 15) is 14.7 Å². The van der Waals surface area contributed by atoms with Crippen LogP contribution in [-0.4, -0.2) is 29.0 Å². The van der Waals surface area contributed by atoms with Crippen LogP contribution in [0.15, 0.2) is 29.1 Å². The van der Waals surface area contributed by atoms with Crippen LogP contribution in [0.5, 0.6) is 5.75 Å². The number of carbonyl (C=O) groups is 1. The summed E-state index contributed by atoms with van der Waals surface area (Å²) in [5.74, 6) is -1.78. The molecule has 6 heteroatoms. The molecule has 116 valence electrons. The van der Waals surface area contributed by atoms with Crippen LogP contribution in [0.2, 0.25) is 0 Å². The Hall–Kier alpha value is -2.50. The quantitative estimate of drug-likeness (QED) is 0.851. The van der Waals surface area contributed by atoms with Crippen molar-refractivity contribution < 1.29 is 22.2 Å². The zero-order chi connectivity index (χ0) is 17.5. The van der Waals surface area contributed by atoms with Gasteiger partial charge in [-0.15, -0.1) is 4.73 Å². The van der Waals surface area contributed by atoms with Gasteiger partial charge in [0.1, 0.15) is 12.3 Å². The van der Waals surface area contributed by atoms with E-state index < -0.39 is 29.4 Å². The molecule has 0 radical (unpaired) electrons. The molecule has 0 amide bonds. The Morgan fingerprint density at radius 2 is 2.18 bits per heavy atom. The summed E-state index contributed by atoms with van der Waals surface area (Å²) in [5.41, 5.74) is -1.34. The molecule has 22 heavy (non-hydrogen) atoms. The number of ether oxygens (including phenoxy) is 1. The standard InChI is InChI=1S/C16H17NO5/c1-2-21-16(20)13-14(18)11-5-3-4-6-12(11)17(15(13)19)22-9-10-7-8-10/h3-6,10,18H,2,7-9H2,1H3/i9D2. The zero-order valence-electron chi connectivity index (χ0n) is 14.0. The highest BCUT2D eigenvalue weighted by atomic mass is 16.7. The molecule has 0 spiro atoms. The molecule has 1 fully saturated rings. The lowest BCUT2D eigenvalue weighted by molar-refractivity contribution is 0.0509. The van der Waals surface area contributed by atoms with Gasteiger partial charge in [-0.3, -0.25) is 4.79 Å². The fourth-order valence-electron chi connectivity index (χ4n) is 2.10. The minimum absolute atomic E-state index is 0.0360. The predicted molar refractivity (Wildman–Crippen MR) is 80.0 cm³/mol. The first kappa shape index (κ1) is 12.1. The van der Waals surface area contributed by atoms with E-state index in [1.54, 1.807) is 19.1 Å². The first-order chi connectivity index (χ1) is 11.4. The van der Waals surface area contributed by atoms with Gasteiger partial charge in [0.15, 0.2) is 5.56 Å². The van der Waals surface area contributed by atoms with Crippen molar-refractivity contribution in [1.82, 2.24) is 4.73 Å². The van der Waals surface area contributed by atoms with Crippen LogP contribution < -0.4 is 10.4 Å². The van der Waals surface area contributed by atoms with Crippen LogP contribution in [-0.2, 0) is 4.74 Å². The maximum atomic E-state index is 12.7. The third kappa shape index (κ3) is 2.52. The number of aromatic hydroxyl groups is 1. The first-order valence-corrected chi connectivity index (χ1v) is 7.10. The van der Waals surface area contributed by atoms with Crippen LogP contribution in [0.1, 0.15) is 32.9 Å². The summed E-state index contributed by atoms with van der Waals surface area (Å²) >= 11 is 0. The van der Waals surface area contributed by atoms with E-state index >= 15 is 0 Å². The normalized spacial score (nSPS) is 16.0. The van der Waals surface area contributed by atoms with E-state index in [1.807, 2.05) is 0 Å². The zero-order valence-corrected chi connectivity index (χ0v) is 12.0. The van der Waals surface area contributed by atoms with Crippen molar-refractivity contribution in [3.8, 4) is 5.75 Å². The van der Waals surface area contributed by atoms with Crippen molar-refractivity contribution >= 4 is 16.9 Å². The molecule has 6 nitrogen and oxygen atoms in total. The second-order valence-electron chi connectivity index (χ2n) is 5.04. The van der Waals surface area contributed by atoms with Gasteiger partial charge in [-0.05, 0) is 37.8 Å². The van der Waals surface area contributed by atoms with Gasteiger partial charge in [0.25, 0.3) is 0 Å². The van der Waals surface area contributed by atoms with Crippen molar-refractivity contribution in [3.05, 3.63) is 40.2 Å². The monoisotopic (exact) mass is 305 g/mol. The van der Waals surface area contributed by atoms with Gasteiger partial charge in [-0.25, -0.2) is 4.79 Å².